The second-order valence-corrected chi connectivity index (χ2v) is 5.47. The van der Waals surface area contributed by atoms with Crippen molar-refractivity contribution in [1.82, 2.24) is 15.1 Å². The quantitative estimate of drug-likeness (QED) is 0.777. The van der Waals surface area contributed by atoms with Gasteiger partial charge >= 0.3 is 0 Å². The van der Waals surface area contributed by atoms with Gasteiger partial charge in [-0.3, -0.25) is 4.68 Å². The Hall–Kier alpha value is -1.99. The number of aromatic nitrogens is 2. The van der Waals surface area contributed by atoms with Crippen LogP contribution in [0.2, 0.25) is 5.02 Å². The van der Waals surface area contributed by atoms with E-state index >= 15 is 0 Å². The molecule has 6 nitrogen and oxygen atoms in total. The molecule has 1 aromatic heterocycles. The first-order chi connectivity index (χ1) is 11.1. The van der Waals surface area contributed by atoms with E-state index < -0.39 is 0 Å². The van der Waals surface area contributed by atoms with Crippen molar-refractivity contribution >= 4 is 34.6 Å². The van der Waals surface area contributed by atoms with Crippen LogP contribution in [0, 0.1) is 0 Å². The molecule has 0 aliphatic carbocycles. The number of halogens is 1. The SMILES string of the molecule is CCn1cc(Cl)c(CNC(=S)Nc2ccc(OC)cc2OC)n1. The first-order valence-electron chi connectivity index (χ1n) is 7.06. The van der Waals surface area contributed by atoms with E-state index in [0.717, 1.165) is 17.9 Å². The van der Waals surface area contributed by atoms with Gasteiger partial charge in [-0.1, -0.05) is 11.6 Å². The molecule has 0 aliphatic rings. The third kappa shape index (κ3) is 4.49. The molecule has 0 radical (unpaired) electrons. The zero-order valence-electron chi connectivity index (χ0n) is 13.2. The molecule has 0 saturated carbocycles. The van der Waals surface area contributed by atoms with Crippen LogP contribution in [-0.2, 0) is 13.1 Å². The Kier molecular flexibility index (Phi) is 6.06. The molecule has 0 amide bonds. The topological polar surface area (TPSA) is 60.3 Å². The molecule has 1 heterocycles. The predicted octanol–water partition coefficient (Wildman–Crippen LogP) is 3.06. The van der Waals surface area contributed by atoms with Gasteiger partial charge in [0, 0.05) is 18.8 Å². The highest BCUT2D eigenvalue weighted by atomic mass is 35.5. The van der Waals surface area contributed by atoms with E-state index in [-0.39, 0.29) is 0 Å². The Bertz CT molecular complexity index is 690. The minimum absolute atomic E-state index is 0.441. The molecule has 2 N–H and O–H groups in total. The average Bonchev–Trinajstić information content (AvgIpc) is 2.93. The molecule has 0 spiro atoms. The first-order valence-corrected chi connectivity index (χ1v) is 7.84. The maximum Gasteiger partial charge on any atom is 0.171 e. The normalized spacial score (nSPS) is 10.3. The molecule has 0 saturated heterocycles. The number of ether oxygens (including phenoxy) is 2. The fourth-order valence-corrected chi connectivity index (χ4v) is 2.35. The summed E-state index contributed by atoms with van der Waals surface area (Å²) >= 11 is 11.4. The summed E-state index contributed by atoms with van der Waals surface area (Å²) in [6.07, 6.45) is 1.79. The van der Waals surface area contributed by atoms with Gasteiger partial charge < -0.3 is 20.1 Å². The molecule has 0 bridgehead atoms. The number of hydrogen-bond donors (Lipinski definition) is 2. The number of benzene rings is 1. The first kappa shape index (κ1) is 17.4. The number of aryl methyl sites for hydroxylation is 1. The van der Waals surface area contributed by atoms with E-state index in [1.165, 1.54) is 0 Å². The standard InChI is InChI=1S/C15H19ClN4O2S/c1-4-20-9-11(16)13(19-20)8-17-15(23)18-12-6-5-10(21-2)7-14(12)22-3/h5-7,9H,4,8H2,1-3H3,(H2,17,18,23). The number of anilines is 1. The van der Waals surface area contributed by atoms with Crippen LogP contribution in [0.15, 0.2) is 24.4 Å². The lowest BCUT2D eigenvalue weighted by molar-refractivity contribution is 0.395. The van der Waals surface area contributed by atoms with Crippen molar-refractivity contribution < 1.29 is 9.47 Å². The highest BCUT2D eigenvalue weighted by Gasteiger charge is 2.09. The average molecular weight is 355 g/mol. The van der Waals surface area contributed by atoms with Crippen LogP contribution in [0.5, 0.6) is 11.5 Å². The van der Waals surface area contributed by atoms with E-state index in [4.69, 9.17) is 33.3 Å². The zero-order valence-corrected chi connectivity index (χ0v) is 14.8. The Morgan fingerprint density at radius 1 is 1.35 bits per heavy atom. The van der Waals surface area contributed by atoms with Gasteiger partial charge in [-0.05, 0) is 31.3 Å². The van der Waals surface area contributed by atoms with Gasteiger partial charge in [0.25, 0.3) is 0 Å². The minimum Gasteiger partial charge on any atom is -0.497 e. The van der Waals surface area contributed by atoms with E-state index in [1.54, 1.807) is 31.2 Å². The highest BCUT2D eigenvalue weighted by Crippen LogP contribution is 2.28. The molecule has 124 valence electrons. The summed E-state index contributed by atoms with van der Waals surface area (Å²) in [5.74, 6) is 1.35. The number of rotatable bonds is 6. The molecular weight excluding hydrogens is 336 g/mol. The molecule has 0 fully saturated rings. The molecule has 8 heteroatoms. The van der Waals surface area contributed by atoms with Crippen LogP contribution in [0.3, 0.4) is 0 Å². The number of hydrogen-bond acceptors (Lipinski definition) is 4. The molecular formula is C15H19ClN4O2S. The summed E-state index contributed by atoms with van der Waals surface area (Å²) in [6.45, 7) is 3.21. The van der Waals surface area contributed by atoms with E-state index in [1.807, 2.05) is 19.1 Å². The summed E-state index contributed by atoms with van der Waals surface area (Å²) in [5.41, 5.74) is 1.50. The summed E-state index contributed by atoms with van der Waals surface area (Å²) in [4.78, 5) is 0. The van der Waals surface area contributed by atoms with Gasteiger partial charge in [-0.15, -0.1) is 0 Å². The van der Waals surface area contributed by atoms with E-state index in [0.29, 0.717) is 28.2 Å². The lowest BCUT2D eigenvalue weighted by Gasteiger charge is -2.14. The van der Waals surface area contributed by atoms with Crippen molar-refractivity contribution in [3.63, 3.8) is 0 Å². The van der Waals surface area contributed by atoms with Crippen molar-refractivity contribution in [3.05, 3.63) is 35.1 Å². The molecule has 1 aromatic carbocycles. The lowest BCUT2D eigenvalue weighted by atomic mass is 10.2. The molecule has 0 atom stereocenters. The van der Waals surface area contributed by atoms with Crippen molar-refractivity contribution in [2.24, 2.45) is 0 Å². The Morgan fingerprint density at radius 3 is 2.74 bits per heavy atom. The van der Waals surface area contributed by atoms with Gasteiger partial charge in [0.1, 0.15) is 17.2 Å². The Morgan fingerprint density at radius 2 is 2.13 bits per heavy atom. The molecule has 0 unspecified atom stereocenters. The van der Waals surface area contributed by atoms with Crippen LogP contribution in [-0.4, -0.2) is 29.1 Å². The lowest BCUT2D eigenvalue weighted by Crippen LogP contribution is -2.28. The van der Waals surface area contributed by atoms with Crippen molar-refractivity contribution in [2.75, 3.05) is 19.5 Å². The largest absolute Gasteiger partial charge is 0.497 e. The van der Waals surface area contributed by atoms with Gasteiger partial charge in [0.2, 0.25) is 0 Å². The third-order valence-electron chi connectivity index (χ3n) is 3.18. The third-order valence-corrected chi connectivity index (χ3v) is 3.75. The van der Waals surface area contributed by atoms with Gasteiger partial charge in [0.15, 0.2) is 5.11 Å². The predicted molar refractivity (Wildman–Crippen MR) is 95.5 cm³/mol. The summed E-state index contributed by atoms with van der Waals surface area (Å²) < 4.78 is 12.3. The molecule has 2 aromatic rings. The van der Waals surface area contributed by atoms with E-state index in [9.17, 15) is 0 Å². The van der Waals surface area contributed by atoms with Crippen LogP contribution >= 0.6 is 23.8 Å². The highest BCUT2D eigenvalue weighted by molar-refractivity contribution is 7.80. The number of nitrogens with one attached hydrogen (secondary N) is 2. The number of thiocarbonyl (C=S) groups is 1. The molecule has 2 rings (SSSR count). The van der Waals surface area contributed by atoms with Crippen LogP contribution in [0.25, 0.3) is 0 Å². The van der Waals surface area contributed by atoms with Crippen LogP contribution < -0.4 is 20.1 Å². The molecule has 0 aliphatic heterocycles. The molecule has 23 heavy (non-hydrogen) atoms. The van der Waals surface area contributed by atoms with Gasteiger partial charge in [-0.25, -0.2) is 0 Å². The van der Waals surface area contributed by atoms with Crippen molar-refractivity contribution in [1.29, 1.82) is 0 Å². The van der Waals surface area contributed by atoms with Crippen LogP contribution in [0.4, 0.5) is 5.69 Å². The van der Waals surface area contributed by atoms with Gasteiger partial charge in [-0.2, -0.15) is 5.10 Å². The minimum atomic E-state index is 0.441. The van der Waals surface area contributed by atoms with Crippen molar-refractivity contribution in [3.8, 4) is 11.5 Å². The van der Waals surface area contributed by atoms with Crippen LogP contribution in [0.1, 0.15) is 12.6 Å². The Balaban J connectivity index is 1.98. The second-order valence-electron chi connectivity index (χ2n) is 4.65. The maximum atomic E-state index is 6.13. The smallest absolute Gasteiger partial charge is 0.171 e. The summed E-state index contributed by atoms with van der Waals surface area (Å²) in [5, 5.41) is 11.6. The Labute approximate surface area is 145 Å². The fourth-order valence-electron chi connectivity index (χ4n) is 1.95. The van der Waals surface area contributed by atoms with Gasteiger partial charge in [0.05, 0.1) is 31.5 Å². The fraction of sp³-hybridized carbons (Fsp3) is 0.333. The number of nitrogens with zero attached hydrogens (tertiary/aromatic N) is 2. The van der Waals surface area contributed by atoms with Crippen molar-refractivity contribution in [2.45, 2.75) is 20.0 Å². The monoisotopic (exact) mass is 354 g/mol. The summed E-state index contributed by atoms with van der Waals surface area (Å²) in [6, 6.07) is 5.45. The number of methoxy groups -OCH3 is 2. The summed E-state index contributed by atoms with van der Waals surface area (Å²) in [7, 11) is 3.20. The van der Waals surface area contributed by atoms with E-state index in [2.05, 4.69) is 15.7 Å². The second kappa shape index (κ2) is 8.03. The maximum absolute atomic E-state index is 6.13. The zero-order chi connectivity index (χ0) is 16.8.